The Bertz CT molecular complexity index is 2440. The molecule has 0 spiro atoms. The van der Waals surface area contributed by atoms with E-state index in [1.54, 1.807) is 43.6 Å². The number of nitrogen functional groups attached to an aromatic ring is 1. The van der Waals surface area contributed by atoms with Crippen molar-refractivity contribution in [3.05, 3.63) is 87.5 Å². The number of rotatable bonds is 17. The number of unbranched alkanes of at least 4 members (excludes halogenated alkanes) is 4. The van der Waals surface area contributed by atoms with E-state index in [1.807, 2.05) is 15.8 Å². The van der Waals surface area contributed by atoms with Gasteiger partial charge in [0.05, 0.1) is 28.4 Å². The summed E-state index contributed by atoms with van der Waals surface area (Å²) in [6.45, 7) is 6.67. The van der Waals surface area contributed by atoms with E-state index in [2.05, 4.69) is 25.6 Å². The van der Waals surface area contributed by atoms with Crippen LogP contribution in [0.25, 0.3) is 11.1 Å². The molecule has 0 radical (unpaired) electrons. The van der Waals surface area contributed by atoms with Crippen molar-refractivity contribution in [2.45, 2.75) is 89.3 Å². The number of hydrogen-bond acceptors (Lipinski definition) is 11. The van der Waals surface area contributed by atoms with Crippen LogP contribution >= 0.6 is 23.2 Å². The van der Waals surface area contributed by atoms with Gasteiger partial charge in [-0.2, -0.15) is 5.10 Å². The normalized spacial score (nSPS) is 18.8. The van der Waals surface area contributed by atoms with E-state index < -0.39 is 41.6 Å². The highest BCUT2D eigenvalue weighted by Gasteiger charge is 2.45. The number of ether oxygens (including phenoxy) is 1. The molecule has 4 N–H and O–H groups in total. The standard InChI is InChI=1S/C46H52Cl2FN9O6/c1-27(40-33(47)11-12-34(49)42(40)48)64-37-20-29(22-52-43(37)50)30-23-53-57(26-30)31-15-18-56(19-16-31)39(60)10-5-3-2-4-6-17-55-24-28(25-55)21-51-35-9-7-8-32-41(35)46(63)58(45(32)62)36-13-14-38(59)54-44(36)61/h7-9,11-12,20,22-23,26-28,31,36,51H,2-6,10,13-19,21,24-25H2,1H3,(H2,50,52)(H,54,59,61)/t27-,36?/m0/s1. The Labute approximate surface area is 380 Å². The third-order valence-corrected chi connectivity index (χ3v) is 13.5. The van der Waals surface area contributed by atoms with E-state index in [9.17, 15) is 28.4 Å². The summed E-state index contributed by atoms with van der Waals surface area (Å²) in [6.07, 6.45) is 12.3. The predicted molar refractivity (Wildman–Crippen MR) is 239 cm³/mol. The number of pyridine rings is 1. The summed E-state index contributed by atoms with van der Waals surface area (Å²) in [4.78, 5) is 73.3. The number of carbonyl (C=O) groups excluding carboxylic acids is 5. The van der Waals surface area contributed by atoms with Crippen LogP contribution in [0.2, 0.25) is 10.0 Å². The van der Waals surface area contributed by atoms with Gasteiger partial charge in [0.25, 0.3) is 11.8 Å². The molecule has 6 heterocycles. The Balaban J connectivity index is 0.695. The number of aromatic nitrogens is 3. The lowest BCUT2D eigenvalue weighted by Crippen LogP contribution is -2.54. The molecule has 8 rings (SSSR count). The molecule has 2 aromatic heterocycles. The van der Waals surface area contributed by atoms with Gasteiger partial charge in [0.15, 0.2) is 11.6 Å². The van der Waals surface area contributed by atoms with Crippen molar-refractivity contribution >= 4 is 64.2 Å². The third kappa shape index (κ3) is 9.73. The van der Waals surface area contributed by atoms with Gasteiger partial charge in [-0.05, 0) is 75.9 Å². The largest absolute Gasteiger partial charge is 0.482 e. The Kier molecular flexibility index (Phi) is 13.8. The number of nitrogens with one attached hydrogen (secondary N) is 2. The van der Waals surface area contributed by atoms with Crippen LogP contribution < -0.4 is 21.1 Å². The lowest BCUT2D eigenvalue weighted by atomic mass is 9.98. The minimum atomic E-state index is -0.990. The average molecular weight is 917 g/mol. The number of imide groups is 2. The predicted octanol–water partition coefficient (Wildman–Crippen LogP) is 7.06. The van der Waals surface area contributed by atoms with Crippen LogP contribution in [0.3, 0.4) is 0 Å². The minimum absolute atomic E-state index is 0.0809. The summed E-state index contributed by atoms with van der Waals surface area (Å²) in [7, 11) is 0. The molecule has 3 saturated heterocycles. The second-order valence-corrected chi connectivity index (χ2v) is 17.9. The molecule has 2 atom stereocenters. The van der Waals surface area contributed by atoms with Crippen LogP contribution in [0.5, 0.6) is 5.75 Å². The molecule has 5 amide bonds. The SMILES string of the molecule is C[C@H](Oc1cc(-c2cnn(C3CCN(C(=O)CCCCCCCN4CC(CNc5cccc6c5C(=O)N(C5CCC(=O)NC5=O)C6=O)C4)CC3)c2)cnc1N)c1c(Cl)ccc(F)c1Cl. The van der Waals surface area contributed by atoms with Crippen LogP contribution in [0.1, 0.15) is 110 Å². The Morgan fingerprint density at radius 2 is 1.75 bits per heavy atom. The van der Waals surface area contributed by atoms with Crippen LogP contribution in [0, 0.1) is 11.7 Å². The van der Waals surface area contributed by atoms with Crippen LogP contribution in [-0.2, 0) is 14.4 Å². The number of hydrogen-bond donors (Lipinski definition) is 3. The number of halogens is 3. The van der Waals surface area contributed by atoms with E-state index in [-0.39, 0.29) is 51.8 Å². The molecule has 0 aliphatic carbocycles. The number of amides is 5. The molecule has 4 aliphatic rings. The fourth-order valence-corrected chi connectivity index (χ4v) is 9.82. The number of likely N-dealkylation sites (tertiary alicyclic amines) is 2. The summed E-state index contributed by atoms with van der Waals surface area (Å²) in [5.74, 6) is -1.52. The smallest absolute Gasteiger partial charge is 0.264 e. The summed E-state index contributed by atoms with van der Waals surface area (Å²) in [6, 6.07) is 8.70. The van der Waals surface area contributed by atoms with Crippen molar-refractivity contribution < 1.29 is 33.1 Å². The third-order valence-electron chi connectivity index (χ3n) is 12.7. The van der Waals surface area contributed by atoms with E-state index in [1.165, 1.54) is 12.1 Å². The number of nitrogens with two attached hydrogens (primary N) is 1. The number of anilines is 2. The molecular weight excluding hydrogens is 864 g/mol. The van der Waals surface area contributed by atoms with E-state index >= 15 is 0 Å². The molecule has 3 fully saturated rings. The second kappa shape index (κ2) is 19.7. The molecule has 2 aromatic carbocycles. The highest BCUT2D eigenvalue weighted by Crippen LogP contribution is 2.38. The van der Waals surface area contributed by atoms with Crippen molar-refractivity contribution in [2.75, 3.05) is 50.3 Å². The summed E-state index contributed by atoms with van der Waals surface area (Å²) in [5.41, 5.74) is 9.19. The molecular formula is C46H52Cl2FN9O6. The van der Waals surface area contributed by atoms with Gasteiger partial charge in [-0.1, -0.05) is 48.5 Å². The fraction of sp³-hybridized carbons (Fsp3) is 0.457. The van der Waals surface area contributed by atoms with E-state index in [0.29, 0.717) is 49.0 Å². The molecule has 64 heavy (non-hydrogen) atoms. The van der Waals surface area contributed by atoms with E-state index in [0.717, 1.165) is 80.6 Å². The molecule has 338 valence electrons. The number of carbonyl (C=O) groups is 5. The Morgan fingerprint density at radius 1 is 0.984 bits per heavy atom. The van der Waals surface area contributed by atoms with Crippen molar-refractivity contribution in [1.82, 2.24) is 34.8 Å². The summed E-state index contributed by atoms with van der Waals surface area (Å²) in [5, 5.41) is 10.4. The first-order valence-corrected chi connectivity index (χ1v) is 22.8. The molecule has 0 bridgehead atoms. The van der Waals surface area contributed by atoms with Gasteiger partial charge in [-0.25, -0.2) is 9.37 Å². The van der Waals surface area contributed by atoms with Gasteiger partial charge < -0.3 is 25.6 Å². The molecule has 0 saturated carbocycles. The number of benzene rings is 2. The van der Waals surface area contributed by atoms with Crippen LogP contribution in [0.15, 0.2) is 55.0 Å². The van der Waals surface area contributed by atoms with Crippen LogP contribution in [0.4, 0.5) is 15.9 Å². The second-order valence-electron chi connectivity index (χ2n) is 17.1. The van der Waals surface area contributed by atoms with Gasteiger partial charge in [0.1, 0.15) is 18.0 Å². The first-order chi connectivity index (χ1) is 30.9. The van der Waals surface area contributed by atoms with Gasteiger partial charge in [-0.3, -0.25) is 38.9 Å². The molecule has 4 aromatic rings. The zero-order valence-corrected chi connectivity index (χ0v) is 37.2. The zero-order chi connectivity index (χ0) is 45.1. The number of piperidine rings is 2. The zero-order valence-electron chi connectivity index (χ0n) is 35.7. The maximum absolute atomic E-state index is 14.2. The molecule has 15 nitrogen and oxygen atoms in total. The Morgan fingerprint density at radius 3 is 2.53 bits per heavy atom. The van der Waals surface area contributed by atoms with Gasteiger partial charge in [-0.15, -0.1) is 0 Å². The monoisotopic (exact) mass is 915 g/mol. The van der Waals surface area contributed by atoms with Gasteiger partial charge >= 0.3 is 0 Å². The Hall–Kier alpha value is -5.58. The molecule has 4 aliphatic heterocycles. The first kappa shape index (κ1) is 45.0. The highest BCUT2D eigenvalue weighted by atomic mass is 35.5. The van der Waals surface area contributed by atoms with Crippen molar-refractivity contribution in [2.24, 2.45) is 5.92 Å². The van der Waals surface area contributed by atoms with Gasteiger partial charge in [0.2, 0.25) is 17.7 Å². The summed E-state index contributed by atoms with van der Waals surface area (Å²) >= 11 is 12.5. The lowest BCUT2D eigenvalue weighted by molar-refractivity contribution is -0.136. The molecule has 18 heteroatoms. The van der Waals surface area contributed by atoms with Crippen molar-refractivity contribution in [3.63, 3.8) is 0 Å². The minimum Gasteiger partial charge on any atom is -0.482 e. The maximum atomic E-state index is 14.2. The van der Waals surface area contributed by atoms with Gasteiger partial charge in [0, 0.05) is 91.3 Å². The van der Waals surface area contributed by atoms with Crippen molar-refractivity contribution in [1.29, 1.82) is 0 Å². The number of fused-ring (bicyclic) bond motifs is 1. The van der Waals surface area contributed by atoms with E-state index in [4.69, 9.17) is 33.7 Å². The topological polar surface area (TPSA) is 185 Å². The summed E-state index contributed by atoms with van der Waals surface area (Å²) < 4.78 is 22.2. The highest BCUT2D eigenvalue weighted by molar-refractivity contribution is 6.36. The first-order valence-electron chi connectivity index (χ1n) is 22.0. The average Bonchev–Trinajstić information content (AvgIpc) is 3.86. The maximum Gasteiger partial charge on any atom is 0.264 e. The number of nitrogens with zero attached hydrogens (tertiary/aromatic N) is 6. The lowest BCUT2D eigenvalue weighted by Gasteiger charge is -2.39. The quantitative estimate of drug-likeness (QED) is 0.0560. The molecule has 1 unspecified atom stereocenters. The fourth-order valence-electron chi connectivity index (χ4n) is 9.14. The van der Waals surface area contributed by atoms with Crippen molar-refractivity contribution in [3.8, 4) is 16.9 Å². The van der Waals surface area contributed by atoms with Crippen LogP contribution in [-0.4, -0.2) is 104 Å².